The monoisotopic (exact) mass is 485 g/mol. The van der Waals surface area contributed by atoms with E-state index < -0.39 is 11.7 Å². The lowest BCUT2D eigenvalue weighted by Gasteiger charge is -2.34. The van der Waals surface area contributed by atoms with Gasteiger partial charge in [0, 0.05) is 49.6 Å². The predicted octanol–water partition coefficient (Wildman–Crippen LogP) is 4.79. The molecular weight excluding hydrogens is 455 g/mol. The molecule has 1 atom stereocenters. The van der Waals surface area contributed by atoms with Crippen molar-refractivity contribution in [2.24, 2.45) is 15.9 Å². The highest BCUT2D eigenvalue weighted by Crippen LogP contribution is 2.29. The van der Waals surface area contributed by atoms with Gasteiger partial charge in [-0.25, -0.2) is 4.99 Å². The minimum Gasteiger partial charge on any atom is -0.354 e. The molecule has 0 spiro atoms. The second-order valence-electron chi connectivity index (χ2n) is 8.98. The summed E-state index contributed by atoms with van der Waals surface area (Å²) in [4.78, 5) is 14.2. The Balaban J connectivity index is 1.61. The normalized spacial score (nSPS) is 21.7. The Hall–Kier alpha value is -3.40. The maximum Gasteiger partial charge on any atom is 0.416 e. The van der Waals surface area contributed by atoms with E-state index in [0.717, 1.165) is 62.0 Å². The largest absolute Gasteiger partial charge is 0.416 e. The molecule has 0 radical (unpaired) electrons. The quantitative estimate of drug-likeness (QED) is 0.654. The molecule has 35 heavy (non-hydrogen) atoms. The van der Waals surface area contributed by atoms with Crippen LogP contribution in [0.2, 0.25) is 0 Å². The van der Waals surface area contributed by atoms with Crippen molar-refractivity contribution in [3.05, 3.63) is 65.1 Å². The van der Waals surface area contributed by atoms with Crippen molar-refractivity contribution < 1.29 is 13.2 Å². The molecule has 2 N–H and O–H groups in total. The molecule has 2 aliphatic rings. The van der Waals surface area contributed by atoms with Crippen molar-refractivity contribution in [1.29, 1.82) is 0 Å². The van der Waals surface area contributed by atoms with Gasteiger partial charge in [-0.15, -0.1) is 0 Å². The van der Waals surface area contributed by atoms with E-state index in [9.17, 15) is 13.2 Å². The van der Waals surface area contributed by atoms with E-state index in [2.05, 4.69) is 45.4 Å². The first-order valence-electron chi connectivity index (χ1n) is 11.6. The molecule has 4 rings (SSSR count). The summed E-state index contributed by atoms with van der Waals surface area (Å²) in [7, 11) is 2.11. The summed E-state index contributed by atoms with van der Waals surface area (Å²) in [6.07, 6.45) is 2.15. The van der Waals surface area contributed by atoms with Crippen LogP contribution in [0.5, 0.6) is 0 Å². The summed E-state index contributed by atoms with van der Waals surface area (Å²) in [5, 5.41) is 10.4. The zero-order chi connectivity index (χ0) is 25.0. The maximum absolute atomic E-state index is 12.9. The number of aromatic amines is 1. The zero-order valence-electron chi connectivity index (χ0n) is 20.1. The number of anilines is 1. The molecule has 1 aromatic heterocycles. The molecular formula is C25H30F3N7. The van der Waals surface area contributed by atoms with Crippen LogP contribution in [0, 0.1) is 12.8 Å². The highest BCUT2D eigenvalue weighted by molar-refractivity contribution is 6.09. The molecule has 0 saturated carbocycles. The smallest absolute Gasteiger partial charge is 0.354 e. The van der Waals surface area contributed by atoms with Crippen molar-refractivity contribution in [2.75, 3.05) is 38.5 Å². The van der Waals surface area contributed by atoms with E-state index in [4.69, 9.17) is 9.98 Å². The minimum absolute atomic E-state index is 0.0800. The standard InChI is InChI=1S/C25H30F3N7/c1-17-4-11-23(35-14-12-34(3)13-15-35)31-24(30-22-16-18(2)32-33-22)29-21(17)10-7-19-5-8-20(9-6-19)25(26,27)28/h5-11,16-17H,4,12-15H2,1-3H3,(H2,30,31,32,33)/b10-7+,23-11-,29-21?. The van der Waals surface area contributed by atoms with Gasteiger partial charge in [0.1, 0.15) is 5.82 Å². The number of aromatic nitrogens is 2. The highest BCUT2D eigenvalue weighted by atomic mass is 19.4. The van der Waals surface area contributed by atoms with E-state index in [1.807, 2.05) is 19.1 Å². The second kappa shape index (κ2) is 10.5. The number of allylic oxidation sites excluding steroid dienone is 2. The SMILES string of the molecule is Cc1cc(NC2=N/C(N3CCN(C)CC3)=C/CC(C)C(/C=C/c3ccc(C(F)(F)F)cc3)=N2)n[nH]1. The van der Waals surface area contributed by atoms with Crippen LogP contribution in [0.1, 0.15) is 30.2 Å². The maximum atomic E-state index is 12.9. The molecule has 2 aliphatic heterocycles. The van der Waals surface area contributed by atoms with Crippen molar-refractivity contribution in [1.82, 2.24) is 20.0 Å². The van der Waals surface area contributed by atoms with Gasteiger partial charge in [0.25, 0.3) is 0 Å². The topological polar surface area (TPSA) is 71.9 Å². The van der Waals surface area contributed by atoms with Crippen molar-refractivity contribution in [3.8, 4) is 0 Å². The van der Waals surface area contributed by atoms with E-state index in [1.165, 1.54) is 12.1 Å². The van der Waals surface area contributed by atoms with Crippen LogP contribution < -0.4 is 5.32 Å². The second-order valence-corrected chi connectivity index (χ2v) is 8.98. The van der Waals surface area contributed by atoms with Crippen LogP contribution in [-0.2, 0) is 6.18 Å². The molecule has 1 unspecified atom stereocenters. The number of guanidine groups is 1. The van der Waals surface area contributed by atoms with E-state index in [1.54, 1.807) is 6.08 Å². The average molecular weight is 486 g/mol. The number of alkyl halides is 3. The van der Waals surface area contributed by atoms with Crippen LogP contribution in [0.25, 0.3) is 6.08 Å². The fourth-order valence-corrected chi connectivity index (χ4v) is 3.87. The molecule has 3 heterocycles. The highest BCUT2D eigenvalue weighted by Gasteiger charge is 2.29. The molecule has 10 heteroatoms. The first-order chi connectivity index (χ1) is 16.7. The third-order valence-electron chi connectivity index (χ3n) is 6.07. The Bertz CT molecular complexity index is 1130. The fourth-order valence-electron chi connectivity index (χ4n) is 3.87. The number of rotatable bonds is 4. The minimum atomic E-state index is -4.35. The molecule has 2 aromatic rings. The molecule has 1 aromatic carbocycles. The molecule has 0 bridgehead atoms. The number of likely N-dealkylation sites (N-methyl/N-ethyl adjacent to an activating group) is 1. The third kappa shape index (κ3) is 6.60. The van der Waals surface area contributed by atoms with E-state index in [0.29, 0.717) is 17.3 Å². The summed E-state index contributed by atoms with van der Waals surface area (Å²) < 4.78 is 38.6. The number of halogens is 3. The van der Waals surface area contributed by atoms with E-state index >= 15 is 0 Å². The molecule has 1 fully saturated rings. The Morgan fingerprint density at radius 3 is 2.40 bits per heavy atom. The number of H-pyrrole nitrogens is 1. The summed E-state index contributed by atoms with van der Waals surface area (Å²) in [6.45, 7) is 7.70. The lowest BCUT2D eigenvalue weighted by Crippen LogP contribution is -2.43. The van der Waals surface area contributed by atoms with Gasteiger partial charge in [-0.1, -0.05) is 25.1 Å². The summed E-state index contributed by atoms with van der Waals surface area (Å²) in [5.41, 5.74) is 1.68. The van der Waals surface area contributed by atoms with Crippen LogP contribution in [0.4, 0.5) is 19.0 Å². The van der Waals surface area contributed by atoms with Crippen LogP contribution in [0.15, 0.2) is 58.3 Å². The van der Waals surface area contributed by atoms with Crippen LogP contribution in [0.3, 0.4) is 0 Å². The lowest BCUT2D eigenvalue weighted by atomic mass is 9.99. The summed E-state index contributed by atoms with van der Waals surface area (Å²) in [5.74, 6) is 1.99. The number of benzene rings is 1. The Kier molecular flexibility index (Phi) is 7.39. The summed E-state index contributed by atoms with van der Waals surface area (Å²) in [6, 6.07) is 6.96. The molecule has 0 amide bonds. The van der Waals surface area contributed by atoms with Gasteiger partial charge in [0.05, 0.1) is 5.56 Å². The lowest BCUT2D eigenvalue weighted by molar-refractivity contribution is -0.137. The summed E-state index contributed by atoms with van der Waals surface area (Å²) >= 11 is 0. The number of hydrogen-bond donors (Lipinski definition) is 2. The van der Waals surface area contributed by atoms with Gasteiger partial charge >= 0.3 is 6.18 Å². The van der Waals surface area contributed by atoms with Gasteiger partial charge in [-0.3, -0.25) is 5.10 Å². The van der Waals surface area contributed by atoms with Crippen LogP contribution >= 0.6 is 0 Å². The number of aliphatic imine (C=N–C) groups is 2. The van der Waals surface area contributed by atoms with Gasteiger partial charge in [-0.2, -0.15) is 23.3 Å². The number of nitrogens with one attached hydrogen (secondary N) is 2. The Morgan fingerprint density at radius 2 is 1.77 bits per heavy atom. The van der Waals surface area contributed by atoms with Crippen molar-refractivity contribution in [3.63, 3.8) is 0 Å². The number of piperazine rings is 1. The molecule has 7 nitrogen and oxygen atoms in total. The molecule has 0 aliphatic carbocycles. The molecule has 1 saturated heterocycles. The number of aryl methyl sites for hydroxylation is 1. The number of hydrogen-bond acceptors (Lipinski definition) is 6. The van der Waals surface area contributed by atoms with Crippen molar-refractivity contribution in [2.45, 2.75) is 26.4 Å². The van der Waals surface area contributed by atoms with Gasteiger partial charge in [0.15, 0.2) is 5.82 Å². The number of nitrogens with zero attached hydrogens (tertiary/aromatic N) is 5. The van der Waals surface area contributed by atoms with Gasteiger partial charge < -0.3 is 15.1 Å². The molecule has 186 valence electrons. The van der Waals surface area contributed by atoms with Crippen molar-refractivity contribution >= 4 is 23.6 Å². The Labute approximate surface area is 203 Å². The van der Waals surface area contributed by atoms with Crippen LogP contribution in [-0.4, -0.2) is 64.9 Å². The fraction of sp³-hybridized carbons (Fsp3) is 0.400. The van der Waals surface area contributed by atoms with E-state index in [-0.39, 0.29) is 5.92 Å². The van der Waals surface area contributed by atoms with Gasteiger partial charge in [0.2, 0.25) is 5.96 Å². The Morgan fingerprint density at radius 1 is 1.06 bits per heavy atom. The van der Waals surface area contributed by atoms with Gasteiger partial charge in [-0.05, 0) is 50.2 Å². The predicted molar refractivity (Wildman–Crippen MR) is 133 cm³/mol. The zero-order valence-corrected chi connectivity index (χ0v) is 20.1. The first-order valence-corrected chi connectivity index (χ1v) is 11.6. The third-order valence-corrected chi connectivity index (χ3v) is 6.07. The first kappa shape index (κ1) is 24.7. The average Bonchev–Trinajstić information content (AvgIpc) is 3.22.